The highest BCUT2D eigenvalue weighted by Crippen LogP contribution is 2.30. The molecule has 0 bridgehead atoms. The highest BCUT2D eigenvalue weighted by molar-refractivity contribution is 7.93. The minimum atomic E-state index is -4.24. The third-order valence-electron chi connectivity index (χ3n) is 6.89. The van der Waals surface area contributed by atoms with Crippen molar-refractivity contribution in [3.8, 4) is 0 Å². The summed E-state index contributed by atoms with van der Waals surface area (Å²) < 4.78 is 36.7. The highest BCUT2D eigenvalue weighted by Gasteiger charge is 2.30. The molecular formula is C31H32N6O4S. The van der Waals surface area contributed by atoms with Crippen LogP contribution in [0.25, 0.3) is 21.9 Å². The Hall–Kier alpha value is -4.77. The molecule has 2 aromatic heterocycles. The van der Waals surface area contributed by atoms with Gasteiger partial charge in [-0.15, -0.1) is 0 Å². The lowest BCUT2D eigenvalue weighted by Crippen LogP contribution is -2.37. The Morgan fingerprint density at radius 2 is 1.81 bits per heavy atom. The quantitative estimate of drug-likeness (QED) is 0.141. The molecule has 42 heavy (non-hydrogen) atoms. The van der Waals surface area contributed by atoms with Crippen molar-refractivity contribution in [2.24, 2.45) is 18.7 Å². The minimum absolute atomic E-state index is 0.00341. The summed E-state index contributed by atoms with van der Waals surface area (Å²) in [7, 11) is -2.34. The molecule has 0 fully saturated rings. The van der Waals surface area contributed by atoms with Crippen molar-refractivity contribution in [2.45, 2.75) is 25.2 Å². The number of hydrogen-bond donors (Lipinski definition) is 2. The third-order valence-corrected chi connectivity index (χ3v) is 8.69. The number of aryl methyl sites for hydroxylation is 1. The van der Waals surface area contributed by atoms with Crippen molar-refractivity contribution < 1.29 is 17.9 Å². The van der Waals surface area contributed by atoms with E-state index in [0.29, 0.717) is 28.4 Å². The maximum atomic E-state index is 14.2. The predicted octanol–water partition coefficient (Wildman–Crippen LogP) is 4.39. The molecule has 0 saturated heterocycles. The molecule has 0 atom stereocenters. The molecule has 0 aliphatic carbocycles. The smallest absolute Gasteiger partial charge is 0.326 e. The van der Waals surface area contributed by atoms with Crippen LogP contribution in [0.5, 0.6) is 0 Å². The molecule has 5 aromatic rings. The first-order chi connectivity index (χ1) is 20.0. The molecule has 0 radical (unpaired) electrons. The number of esters is 1. The average molecular weight is 585 g/mol. The zero-order valence-electron chi connectivity index (χ0n) is 23.6. The van der Waals surface area contributed by atoms with Crippen molar-refractivity contribution in [3.63, 3.8) is 0 Å². The molecule has 11 heteroatoms. The summed E-state index contributed by atoms with van der Waals surface area (Å²) in [5, 5.41) is 8.26. The number of anilines is 1. The van der Waals surface area contributed by atoms with Crippen LogP contribution >= 0.6 is 0 Å². The summed E-state index contributed by atoms with van der Waals surface area (Å²) in [5.74, 6) is 0.213. The molecular weight excluding hydrogens is 552 g/mol. The van der Waals surface area contributed by atoms with Crippen LogP contribution in [0.1, 0.15) is 30.8 Å². The van der Waals surface area contributed by atoms with Crippen LogP contribution in [0.4, 0.5) is 5.69 Å². The van der Waals surface area contributed by atoms with E-state index in [1.807, 2.05) is 37.6 Å². The summed E-state index contributed by atoms with van der Waals surface area (Å²) in [6.07, 6.45) is 2.06. The second kappa shape index (κ2) is 11.6. The van der Waals surface area contributed by atoms with Crippen molar-refractivity contribution >= 4 is 49.5 Å². The van der Waals surface area contributed by atoms with E-state index in [9.17, 15) is 13.2 Å². The minimum Gasteiger partial charge on any atom is -0.464 e. The zero-order valence-corrected chi connectivity index (χ0v) is 24.4. The van der Waals surface area contributed by atoms with Crippen LogP contribution in [0, 0.1) is 11.3 Å². The molecule has 3 aromatic carbocycles. The number of ether oxygens (including phenoxy) is 1. The highest BCUT2D eigenvalue weighted by atomic mass is 32.2. The van der Waals surface area contributed by atoms with E-state index in [0.717, 1.165) is 21.2 Å². The van der Waals surface area contributed by atoms with Gasteiger partial charge < -0.3 is 15.0 Å². The average Bonchev–Trinajstić information content (AvgIpc) is 3.28. The first-order valence-electron chi connectivity index (χ1n) is 13.5. The van der Waals surface area contributed by atoms with E-state index >= 15 is 0 Å². The van der Waals surface area contributed by atoms with Gasteiger partial charge in [-0.25, -0.2) is 13.4 Å². The molecule has 0 amide bonds. The Balaban J connectivity index is 1.55. The zero-order chi connectivity index (χ0) is 30.0. The number of amidine groups is 1. The number of carbonyl (C=O) groups is 1. The van der Waals surface area contributed by atoms with E-state index in [-0.39, 0.29) is 28.9 Å². The number of imidazole rings is 1. The van der Waals surface area contributed by atoms with E-state index in [1.165, 1.54) is 12.3 Å². The molecule has 3 N–H and O–H groups in total. The number of fused-ring (bicyclic) bond motifs is 2. The van der Waals surface area contributed by atoms with Crippen LogP contribution in [0.3, 0.4) is 0 Å². The SMILES string of the molecule is CC(C)COC(=O)CN(c1ccc2c(c1)nc(Cc1ccc(C(=N)N)cc1)n2C)S(=O)(=O)c1cccc2cccnc12. The standard InChI is InChI=1S/C31H32N6O4S/c1-20(2)19-41-29(38)18-37(42(39,40)27-8-4-6-22-7-5-15-34-30(22)27)24-13-14-26-25(17-24)35-28(36(26)3)16-21-9-11-23(12-10-21)31(32)33/h4-15,17,20H,16,18-19H2,1-3H3,(H3,32,33). The van der Waals surface area contributed by atoms with Crippen molar-refractivity contribution in [3.05, 3.63) is 95.9 Å². The van der Waals surface area contributed by atoms with Crippen molar-refractivity contribution in [1.29, 1.82) is 5.41 Å². The molecule has 0 aliphatic rings. The monoisotopic (exact) mass is 584 g/mol. The van der Waals surface area contributed by atoms with Crippen LogP contribution < -0.4 is 10.0 Å². The maximum Gasteiger partial charge on any atom is 0.326 e. The second-order valence-corrected chi connectivity index (χ2v) is 12.3. The number of nitrogens with two attached hydrogens (primary N) is 1. The fourth-order valence-corrected chi connectivity index (χ4v) is 6.25. The fraction of sp³-hybridized carbons (Fsp3) is 0.226. The Morgan fingerprint density at radius 1 is 1.07 bits per heavy atom. The number of carbonyl (C=O) groups excluding carboxylic acids is 1. The van der Waals surface area contributed by atoms with Gasteiger partial charge in [0.05, 0.1) is 28.8 Å². The normalized spacial score (nSPS) is 11.7. The second-order valence-electron chi connectivity index (χ2n) is 10.5. The first-order valence-corrected chi connectivity index (χ1v) is 14.9. The van der Waals surface area contributed by atoms with Crippen LogP contribution in [0.2, 0.25) is 0 Å². The summed E-state index contributed by atoms with van der Waals surface area (Å²) in [4.78, 5) is 22.0. The van der Waals surface area contributed by atoms with Crippen LogP contribution in [0.15, 0.2) is 83.9 Å². The van der Waals surface area contributed by atoms with Gasteiger partial charge in [-0.3, -0.25) is 19.5 Å². The third kappa shape index (κ3) is 5.82. The van der Waals surface area contributed by atoms with Crippen molar-refractivity contribution in [1.82, 2.24) is 14.5 Å². The Labute approximate surface area is 244 Å². The number of aromatic nitrogens is 3. The number of para-hydroxylation sites is 1. The first kappa shape index (κ1) is 28.7. The van der Waals surface area contributed by atoms with Gasteiger partial charge in [0.15, 0.2) is 0 Å². The van der Waals surface area contributed by atoms with Gasteiger partial charge in [0.25, 0.3) is 10.0 Å². The lowest BCUT2D eigenvalue weighted by Gasteiger charge is -2.24. The molecule has 0 aliphatic heterocycles. The van der Waals surface area contributed by atoms with Gasteiger partial charge in [0, 0.05) is 30.6 Å². The number of hydrogen-bond acceptors (Lipinski definition) is 7. The number of pyridine rings is 1. The number of nitrogens with zero attached hydrogens (tertiary/aromatic N) is 4. The van der Waals surface area contributed by atoms with Gasteiger partial charge in [-0.2, -0.15) is 0 Å². The molecule has 216 valence electrons. The molecule has 5 rings (SSSR count). The molecule has 0 saturated carbocycles. The van der Waals surface area contributed by atoms with E-state index in [2.05, 4.69) is 4.98 Å². The molecule has 10 nitrogen and oxygen atoms in total. The predicted molar refractivity (Wildman–Crippen MR) is 163 cm³/mol. The van der Waals surface area contributed by atoms with Gasteiger partial charge >= 0.3 is 5.97 Å². The molecule has 0 unspecified atom stereocenters. The number of sulfonamides is 1. The number of nitrogen functional groups attached to an aromatic ring is 1. The Bertz CT molecular complexity index is 1890. The van der Waals surface area contributed by atoms with Gasteiger partial charge in [-0.1, -0.05) is 56.3 Å². The summed E-state index contributed by atoms with van der Waals surface area (Å²) in [6, 6.07) is 21.0. The maximum absolute atomic E-state index is 14.2. The van der Waals surface area contributed by atoms with Crippen LogP contribution in [-0.4, -0.2) is 47.9 Å². The van der Waals surface area contributed by atoms with Gasteiger partial charge in [0.1, 0.15) is 23.1 Å². The molecule has 0 spiro atoms. The lowest BCUT2D eigenvalue weighted by molar-refractivity contribution is -0.142. The van der Waals surface area contributed by atoms with E-state index in [1.54, 1.807) is 54.6 Å². The van der Waals surface area contributed by atoms with Gasteiger partial charge in [-0.05, 0) is 41.8 Å². The Morgan fingerprint density at radius 3 is 2.52 bits per heavy atom. The van der Waals surface area contributed by atoms with Gasteiger partial charge in [0.2, 0.25) is 0 Å². The van der Waals surface area contributed by atoms with E-state index < -0.39 is 22.5 Å². The number of rotatable bonds is 10. The van der Waals surface area contributed by atoms with E-state index in [4.69, 9.17) is 20.9 Å². The lowest BCUT2D eigenvalue weighted by atomic mass is 10.1. The van der Waals surface area contributed by atoms with Crippen LogP contribution in [-0.2, 0) is 33.0 Å². The molecule has 2 heterocycles. The summed E-state index contributed by atoms with van der Waals surface area (Å²) in [6.45, 7) is 3.49. The summed E-state index contributed by atoms with van der Waals surface area (Å²) >= 11 is 0. The number of benzene rings is 3. The Kier molecular flexibility index (Phi) is 7.95. The topological polar surface area (TPSA) is 144 Å². The van der Waals surface area contributed by atoms with Crippen molar-refractivity contribution in [2.75, 3.05) is 17.5 Å². The number of nitrogens with one attached hydrogen (secondary N) is 1. The summed E-state index contributed by atoms with van der Waals surface area (Å²) in [5.41, 5.74) is 9.19. The largest absolute Gasteiger partial charge is 0.464 e. The fourth-order valence-electron chi connectivity index (χ4n) is 4.68.